The molecule has 7 heteroatoms. The zero-order valence-electron chi connectivity index (χ0n) is 12.9. The number of halogens is 1. The lowest BCUT2D eigenvalue weighted by Gasteiger charge is -2.01. The van der Waals surface area contributed by atoms with Crippen molar-refractivity contribution < 1.29 is 13.9 Å². The lowest BCUT2D eigenvalue weighted by Crippen LogP contribution is -2.19. The monoisotopic (exact) mass is 353 g/mol. The fourth-order valence-corrected chi connectivity index (χ4v) is 2.88. The van der Waals surface area contributed by atoms with E-state index in [1.54, 1.807) is 30.3 Å². The smallest absolute Gasteiger partial charge is 0.264 e. The topological polar surface area (TPSA) is 74.5 Å². The molecule has 0 aromatic heterocycles. The van der Waals surface area contributed by atoms with Gasteiger partial charge in [-0.2, -0.15) is 5.26 Å². The number of nitrogens with zero attached hydrogens (tertiary/aromatic N) is 2. The van der Waals surface area contributed by atoms with Gasteiger partial charge in [0, 0.05) is 0 Å². The van der Waals surface area contributed by atoms with Crippen LogP contribution in [0.1, 0.15) is 5.56 Å². The molecule has 0 atom stereocenters. The lowest BCUT2D eigenvalue weighted by molar-refractivity contribution is -0.115. The van der Waals surface area contributed by atoms with Crippen LogP contribution in [0.2, 0.25) is 0 Å². The van der Waals surface area contributed by atoms with Crippen LogP contribution in [0.3, 0.4) is 0 Å². The van der Waals surface area contributed by atoms with Crippen LogP contribution in [-0.4, -0.2) is 17.7 Å². The van der Waals surface area contributed by atoms with Crippen LogP contribution in [0.15, 0.2) is 58.4 Å². The van der Waals surface area contributed by atoms with E-state index in [1.807, 2.05) is 6.07 Å². The van der Waals surface area contributed by atoms with Crippen molar-refractivity contribution in [2.45, 2.75) is 0 Å². The second-order valence-electron chi connectivity index (χ2n) is 4.97. The first-order valence-electron chi connectivity index (χ1n) is 7.29. The van der Waals surface area contributed by atoms with Gasteiger partial charge in [-0.05, 0) is 59.8 Å². The van der Waals surface area contributed by atoms with Gasteiger partial charge < -0.3 is 10.1 Å². The summed E-state index contributed by atoms with van der Waals surface area (Å²) in [4.78, 5) is 16.8. The van der Waals surface area contributed by atoms with E-state index >= 15 is 0 Å². The minimum Gasteiger partial charge on any atom is -0.479 e. The molecule has 2 aromatic carbocycles. The molecule has 0 aliphatic carbocycles. The van der Waals surface area contributed by atoms with Gasteiger partial charge in [0.05, 0.1) is 10.6 Å². The number of carbonyl (C=O) groups is 1. The van der Waals surface area contributed by atoms with Crippen molar-refractivity contribution in [3.05, 3.63) is 64.8 Å². The van der Waals surface area contributed by atoms with Crippen LogP contribution < -0.4 is 10.1 Å². The van der Waals surface area contributed by atoms with Crippen molar-refractivity contribution in [1.29, 1.82) is 5.26 Å². The molecule has 1 saturated heterocycles. The van der Waals surface area contributed by atoms with E-state index in [0.29, 0.717) is 21.5 Å². The number of aliphatic imine (C=N–C) groups is 1. The highest BCUT2D eigenvalue weighted by atomic mass is 32.2. The summed E-state index contributed by atoms with van der Waals surface area (Å²) in [6, 6.07) is 14.7. The van der Waals surface area contributed by atoms with Gasteiger partial charge in [0.1, 0.15) is 17.6 Å². The Labute approximate surface area is 147 Å². The summed E-state index contributed by atoms with van der Waals surface area (Å²) >= 11 is 1.21. The number of thioether (sulfide) groups is 1. The van der Waals surface area contributed by atoms with Gasteiger partial charge in [-0.25, -0.2) is 9.38 Å². The highest BCUT2D eigenvalue weighted by Crippen LogP contribution is 2.28. The fourth-order valence-electron chi connectivity index (χ4n) is 2.04. The number of nitriles is 1. The number of benzene rings is 2. The Hall–Kier alpha value is -3.11. The molecule has 0 unspecified atom stereocenters. The van der Waals surface area contributed by atoms with Gasteiger partial charge in [-0.15, -0.1) is 0 Å². The third-order valence-corrected chi connectivity index (χ3v) is 4.10. The summed E-state index contributed by atoms with van der Waals surface area (Å²) in [5, 5.41) is 11.6. The Kier molecular flexibility index (Phi) is 5.11. The molecule has 1 aliphatic rings. The van der Waals surface area contributed by atoms with Crippen molar-refractivity contribution in [1.82, 2.24) is 5.32 Å². The predicted molar refractivity (Wildman–Crippen MR) is 94.8 cm³/mol. The van der Waals surface area contributed by atoms with Crippen LogP contribution in [-0.2, 0) is 4.79 Å². The molecule has 1 heterocycles. The summed E-state index contributed by atoms with van der Waals surface area (Å²) in [5.41, 5.74) is 1.38. The number of carbonyl (C=O) groups excluding carboxylic acids is 1. The SMILES string of the molecule is N#CCOc1ccc(/C=C2\SC(=Nc3ccc(F)cc3)NC2=O)cc1. The van der Waals surface area contributed by atoms with Crippen molar-refractivity contribution in [3.63, 3.8) is 0 Å². The van der Waals surface area contributed by atoms with Crippen molar-refractivity contribution in [3.8, 4) is 11.8 Å². The Morgan fingerprint density at radius 2 is 1.92 bits per heavy atom. The van der Waals surface area contributed by atoms with E-state index in [2.05, 4.69) is 10.3 Å². The zero-order chi connectivity index (χ0) is 17.6. The van der Waals surface area contributed by atoms with Gasteiger partial charge in [0.25, 0.3) is 5.91 Å². The molecule has 0 bridgehead atoms. The first kappa shape index (κ1) is 16.7. The molecule has 2 aromatic rings. The van der Waals surface area contributed by atoms with E-state index in [9.17, 15) is 9.18 Å². The van der Waals surface area contributed by atoms with E-state index in [1.165, 1.54) is 36.0 Å². The third kappa shape index (κ3) is 4.46. The molecule has 3 rings (SSSR count). The first-order chi connectivity index (χ1) is 12.1. The van der Waals surface area contributed by atoms with Crippen LogP contribution in [0, 0.1) is 17.1 Å². The van der Waals surface area contributed by atoms with Gasteiger partial charge in [0.2, 0.25) is 0 Å². The molecule has 0 saturated carbocycles. The molecule has 25 heavy (non-hydrogen) atoms. The van der Waals surface area contributed by atoms with Gasteiger partial charge >= 0.3 is 0 Å². The number of nitrogens with one attached hydrogen (secondary N) is 1. The largest absolute Gasteiger partial charge is 0.479 e. The van der Waals surface area contributed by atoms with Crippen molar-refractivity contribution in [2.24, 2.45) is 4.99 Å². The minimum absolute atomic E-state index is 0.0120. The third-order valence-electron chi connectivity index (χ3n) is 3.19. The van der Waals surface area contributed by atoms with E-state index < -0.39 is 0 Å². The summed E-state index contributed by atoms with van der Waals surface area (Å²) < 4.78 is 18.1. The normalized spacial score (nSPS) is 16.7. The Bertz CT molecular complexity index is 884. The summed E-state index contributed by atoms with van der Waals surface area (Å²) in [7, 11) is 0. The molecule has 5 nitrogen and oxygen atoms in total. The molecule has 1 N–H and O–H groups in total. The minimum atomic E-state index is -0.338. The average Bonchev–Trinajstić information content (AvgIpc) is 2.95. The van der Waals surface area contributed by atoms with E-state index in [-0.39, 0.29) is 18.3 Å². The molecule has 124 valence electrons. The summed E-state index contributed by atoms with van der Waals surface area (Å²) in [6.45, 7) is -0.0120. The van der Waals surface area contributed by atoms with Crippen molar-refractivity contribution >= 4 is 34.6 Å². The number of hydrogen-bond acceptors (Lipinski definition) is 5. The highest BCUT2D eigenvalue weighted by Gasteiger charge is 2.23. The highest BCUT2D eigenvalue weighted by molar-refractivity contribution is 8.18. The lowest BCUT2D eigenvalue weighted by atomic mass is 10.2. The maximum absolute atomic E-state index is 12.9. The Morgan fingerprint density at radius 1 is 1.20 bits per heavy atom. The number of rotatable bonds is 4. The Morgan fingerprint density at radius 3 is 2.60 bits per heavy atom. The van der Waals surface area contributed by atoms with Gasteiger partial charge in [0.15, 0.2) is 11.8 Å². The van der Waals surface area contributed by atoms with Crippen LogP contribution in [0.25, 0.3) is 6.08 Å². The standard InChI is InChI=1S/C18H12FN3O2S/c19-13-3-5-14(6-4-13)21-18-22-17(23)16(25-18)11-12-1-7-15(8-2-12)24-10-9-20/h1-8,11H,10H2,(H,21,22,23)/b16-11-. The second kappa shape index (κ2) is 7.64. The van der Waals surface area contributed by atoms with Crippen molar-refractivity contribution in [2.75, 3.05) is 6.61 Å². The maximum Gasteiger partial charge on any atom is 0.264 e. The second-order valence-corrected chi connectivity index (χ2v) is 6.00. The maximum atomic E-state index is 12.9. The van der Waals surface area contributed by atoms with Crippen LogP contribution in [0.4, 0.5) is 10.1 Å². The molecular weight excluding hydrogens is 341 g/mol. The summed E-state index contributed by atoms with van der Waals surface area (Å²) in [6.07, 6.45) is 1.74. The zero-order valence-corrected chi connectivity index (χ0v) is 13.7. The quantitative estimate of drug-likeness (QED) is 0.852. The molecule has 0 radical (unpaired) electrons. The summed E-state index contributed by atoms with van der Waals surface area (Å²) in [5.74, 6) is 0.0105. The molecule has 1 fully saturated rings. The number of amides is 1. The van der Waals surface area contributed by atoms with E-state index in [0.717, 1.165) is 5.56 Å². The van der Waals surface area contributed by atoms with E-state index in [4.69, 9.17) is 10.00 Å². The predicted octanol–water partition coefficient (Wildman–Crippen LogP) is 3.62. The van der Waals surface area contributed by atoms with Gasteiger partial charge in [-0.3, -0.25) is 4.79 Å². The molecule has 1 aliphatic heterocycles. The molecule has 0 spiro atoms. The number of hydrogen-bond donors (Lipinski definition) is 1. The first-order valence-corrected chi connectivity index (χ1v) is 8.11. The van der Waals surface area contributed by atoms with Crippen LogP contribution >= 0.6 is 11.8 Å². The molecule has 1 amide bonds. The average molecular weight is 353 g/mol. The fraction of sp³-hybridized carbons (Fsp3) is 0.0556. The Balaban J connectivity index is 1.72. The van der Waals surface area contributed by atoms with Gasteiger partial charge in [-0.1, -0.05) is 12.1 Å². The molecular formula is C18H12FN3O2S. The van der Waals surface area contributed by atoms with Crippen LogP contribution in [0.5, 0.6) is 5.75 Å². The number of amidine groups is 1. The number of ether oxygens (including phenoxy) is 1.